The molecule has 0 amide bonds. The third-order valence-electron chi connectivity index (χ3n) is 3.85. The molecule has 0 radical (unpaired) electrons. The number of hydrogen-bond acceptors (Lipinski definition) is 6. The van der Waals surface area contributed by atoms with Gasteiger partial charge in [-0.05, 0) is 31.0 Å². The molecule has 0 aliphatic carbocycles. The molecule has 7 nitrogen and oxygen atoms in total. The van der Waals surface area contributed by atoms with Crippen LogP contribution in [0.4, 0.5) is 0 Å². The molecule has 0 bridgehead atoms. The molecule has 24 heavy (non-hydrogen) atoms. The van der Waals surface area contributed by atoms with Gasteiger partial charge in [-0.3, -0.25) is 9.59 Å². The molecule has 0 spiro atoms. The molecule has 2 N–H and O–H groups in total. The van der Waals surface area contributed by atoms with Gasteiger partial charge < -0.3 is 19.8 Å². The van der Waals surface area contributed by atoms with E-state index < -0.39 is 5.56 Å². The summed E-state index contributed by atoms with van der Waals surface area (Å²) in [6.45, 7) is 2.99. The Bertz CT molecular complexity index is 777. The van der Waals surface area contributed by atoms with Crippen LogP contribution in [0.1, 0.15) is 13.3 Å². The third kappa shape index (κ3) is 4.24. The molecule has 130 valence electrons. The van der Waals surface area contributed by atoms with E-state index in [-0.39, 0.29) is 17.2 Å². The molecular formula is C16H20ClN3O4. The summed E-state index contributed by atoms with van der Waals surface area (Å²) in [6, 6.07) is 5.12. The molecule has 0 saturated carbocycles. The van der Waals surface area contributed by atoms with Crippen LogP contribution in [-0.2, 0) is 9.53 Å². The lowest BCUT2D eigenvalue weighted by atomic mass is 10.0. The van der Waals surface area contributed by atoms with Crippen LogP contribution in [0.15, 0.2) is 23.0 Å². The SMILES string of the molecule is COC(=O)C1NCCC1C.COc1ccc2nc(Cl)c(=O)[nH]c2c1. The Morgan fingerprint density at radius 3 is 2.71 bits per heavy atom. The molecule has 3 rings (SSSR count). The number of methoxy groups -OCH3 is 2. The second-order valence-electron chi connectivity index (χ2n) is 5.46. The predicted octanol–water partition coefficient (Wildman–Crippen LogP) is 1.74. The summed E-state index contributed by atoms with van der Waals surface area (Å²) in [4.78, 5) is 28.6. The van der Waals surface area contributed by atoms with Gasteiger partial charge in [-0.1, -0.05) is 18.5 Å². The van der Waals surface area contributed by atoms with Crippen molar-refractivity contribution in [1.29, 1.82) is 0 Å². The van der Waals surface area contributed by atoms with Crippen molar-refractivity contribution in [2.75, 3.05) is 20.8 Å². The fourth-order valence-electron chi connectivity index (χ4n) is 2.45. The summed E-state index contributed by atoms with van der Waals surface area (Å²) < 4.78 is 9.61. The maximum absolute atomic E-state index is 11.1. The first-order chi connectivity index (χ1) is 11.5. The number of carbonyl (C=O) groups is 1. The number of H-pyrrole nitrogens is 1. The van der Waals surface area contributed by atoms with Gasteiger partial charge in [0, 0.05) is 6.07 Å². The van der Waals surface area contributed by atoms with Crippen LogP contribution in [-0.4, -0.2) is 42.7 Å². The molecule has 1 aliphatic rings. The quantitative estimate of drug-likeness (QED) is 0.799. The molecule has 1 saturated heterocycles. The first kappa shape index (κ1) is 18.2. The van der Waals surface area contributed by atoms with Crippen LogP contribution in [0.2, 0.25) is 5.15 Å². The zero-order chi connectivity index (χ0) is 17.7. The lowest BCUT2D eigenvalue weighted by Crippen LogP contribution is -2.35. The normalized spacial score (nSPS) is 19.5. The molecule has 1 aliphatic heterocycles. The Balaban J connectivity index is 0.000000185. The summed E-state index contributed by atoms with van der Waals surface area (Å²) in [5.74, 6) is 0.953. The molecule has 1 fully saturated rings. The van der Waals surface area contributed by atoms with Crippen LogP contribution in [0.5, 0.6) is 5.75 Å². The maximum atomic E-state index is 11.1. The van der Waals surface area contributed by atoms with Crippen molar-refractivity contribution in [3.63, 3.8) is 0 Å². The van der Waals surface area contributed by atoms with Gasteiger partial charge in [-0.15, -0.1) is 0 Å². The number of esters is 1. The minimum absolute atomic E-state index is 0.0531. The highest BCUT2D eigenvalue weighted by Crippen LogP contribution is 2.17. The maximum Gasteiger partial charge on any atom is 0.323 e. The van der Waals surface area contributed by atoms with E-state index in [1.165, 1.54) is 7.11 Å². The average Bonchev–Trinajstić information content (AvgIpc) is 3.01. The van der Waals surface area contributed by atoms with E-state index in [0.717, 1.165) is 13.0 Å². The van der Waals surface area contributed by atoms with Crippen LogP contribution >= 0.6 is 11.6 Å². The van der Waals surface area contributed by atoms with Gasteiger partial charge in [0.25, 0.3) is 5.56 Å². The highest BCUT2D eigenvalue weighted by Gasteiger charge is 2.29. The number of hydrogen-bond donors (Lipinski definition) is 2. The number of halogens is 1. The topological polar surface area (TPSA) is 93.3 Å². The average molecular weight is 354 g/mol. The fourth-order valence-corrected chi connectivity index (χ4v) is 2.59. The summed E-state index contributed by atoms with van der Waals surface area (Å²) in [5.41, 5.74) is 0.849. The van der Waals surface area contributed by atoms with Crippen LogP contribution < -0.4 is 15.6 Å². The Hall–Kier alpha value is -2.12. The van der Waals surface area contributed by atoms with E-state index in [2.05, 4.69) is 26.9 Å². The van der Waals surface area contributed by atoms with Crippen LogP contribution in [0.3, 0.4) is 0 Å². The lowest BCUT2D eigenvalue weighted by molar-refractivity contribution is -0.143. The number of rotatable bonds is 2. The van der Waals surface area contributed by atoms with Crippen LogP contribution in [0, 0.1) is 5.92 Å². The lowest BCUT2D eigenvalue weighted by Gasteiger charge is -2.11. The third-order valence-corrected chi connectivity index (χ3v) is 4.10. The fraction of sp³-hybridized carbons (Fsp3) is 0.438. The highest BCUT2D eigenvalue weighted by atomic mass is 35.5. The van der Waals surface area contributed by atoms with Gasteiger partial charge in [0.05, 0.1) is 25.3 Å². The summed E-state index contributed by atoms with van der Waals surface area (Å²) in [7, 11) is 2.98. The number of carbonyl (C=O) groups excluding carboxylic acids is 1. The van der Waals surface area contributed by atoms with Crippen molar-refractivity contribution < 1.29 is 14.3 Å². The number of benzene rings is 1. The second-order valence-corrected chi connectivity index (χ2v) is 5.82. The van der Waals surface area contributed by atoms with Crippen molar-refractivity contribution in [2.45, 2.75) is 19.4 Å². The van der Waals surface area contributed by atoms with Gasteiger partial charge in [0.2, 0.25) is 0 Å². The van der Waals surface area contributed by atoms with E-state index in [1.807, 2.05) is 0 Å². The van der Waals surface area contributed by atoms with E-state index in [4.69, 9.17) is 16.3 Å². The molecule has 8 heteroatoms. The minimum Gasteiger partial charge on any atom is -0.497 e. The van der Waals surface area contributed by atoms with E-state index in [1.54, 1.807) is 25.3 Å². The predicted molar refractivity (Wildman–Crippen MR) is 91.5 cm³/mol. The highest BCUT2D eigenvalue weighted by molar-refractivity contribution is 6.29. The number of aromatic amines is 1. The van der Waals surface area contributed by atoms with E-state index >= 15 is 0 Å². The van der Waals surface area contributed by atoms with Crippen molar-refractivity contribution in [3.8, 4) is 5.75 Å². The molecular weight excluding hydrogens is 334 g/mol. The molecule has 1 aromatic heterocycles. The second kappa shape index (κ2) is 8.12. The standard InChI is InChI=1S/C9H7ClN2O2.C7H13NO2/c1-14-5-2-3-6-7(4-5)12-9(13)8(10)11-6;1-5-3-4-8-6(5)7(9)10-2/h2-4H,1H3,(H,12,13);5-6,8H,3-4H2,1-2H3. The number of aromatic nitrogens is 2. The first-order valence-electron chi connectivity index (χ1n) is 7.51. The monoisotopic (exact) mass is 353 g/mol. The molecule has 2 heterocycles. The minimum atomic E-state index is -0.396. The van der Waals surface area contributed by atoms with Crippen molar-refractivity contribution in [3.05, 3.63) is 33.7 Å². The zero-order valence-electron chi connectivity index (χ0n) is 13.8. The van der Waals surface area contributed by atoms with Gasteiger partial charge in [0.1, 0.15) is 11.8 Å². The molecule has 2 atom stereocenters. The number of nitrogens with one attached hydrogen (secondary N) is 2. The summed E-state index contributed by atoms with van der Waals surface area (Å²) >= 11 is 5.58. The van der Waals surface area contributed by atoms with Gasteiger partial charge in [0.15, 0.2) is 5.15 Å². The van der Waals surface area contributed by atoms with Crippen molar-refractivity contribution >= 4 is 28.6 Å². The molecule has 2 aromatic rings. The van der Waals surface area contributed by atoms with E-state index in [0.29, 0.717) is 22.7 Å². The Kier molecular flexibility index (Phi) is 6.16. The van der Waals surface area contributed by atoms with Crippen molar-refractivity contribution in [1.82, 2.24) is 15.3 Å². The van der Waals surface area contributed by atoms with E-state index in [9.17, 15) is 9.59 Å². The Morgan fingerprint density at radius 2 is 2.12 bits per heavy atom. The van der Waals surface area contributed by atoms with Crippen molar-refractivity contribution in [2.24, 2.45) is 5.92 Å². The van der Waals surface area contributed by atoms with Crippen LogP contribution in [0.25, 0.3) is 11.0 Å². The Morgan fingerprint density at radius 1 is 1.38 bits per heavy atom. The Labute approximate surface area is 144 Å². The largest absolute Gasteiger partial charge is 0.497 e. The van der Waals surface area contributed by atoms with Gasteiger partial charge in [-0.25, -0.2) is 4.98 Å². The molecule has 2 unspecified atom stereocenters. The number of ether oxygens (including phenoxy) is 2. The number of nitrogens with zero attached hydrogens (tertiary/aromatic N) is 1. The van der Waals surface area contributed by atoms with Gasteiger partial charge >= 0.3 is 5.97 Å². The summed E-state index contributed by atoms with van der Waals surface area (Å²) in [6.07, 6.45) is 1.07. The zero-order valence-corrected chi connectivity index (χ0v) is 14.5. The van der Waals surface area contributed by atoms with Gasteiger partial charge in [-0.2, -0.15) is 0 Å². The molecule has 1 aromatic carbocycles. The summed E-state index contributed by atoms with van der Waals surface area (Å²) in [5, 5.41) is 3.03. The smallest absolute Gasteiger partial charge is 0.323 e. The number of fused-ring (bicyclic) bond motifs is 1. The first-order valence-corrected chi connectivity index (χ1v) is 7.89.